The van der Waals surface area contributed by atoms with Crippen LogP contribution in [0.4, 0.5) is 13.2 Å². The molecule has 2 aromatic heterocycles. The van der Waals surface area contributed by atoms with Crippen molar-refractivity contribution in [1.82, 2.24) is 29.4 Å². The normalized spacial score (nSPS) is 16.3. The molecule has 0 N–H and O–H groups in total. The lowest BCUT2D eigenvalue weighted by molar-refractivity contribution is -0.144. The Hall–Kier alpha value is -1.88. The van der Waals surface area contributed by atoms with Crippen LogP contribution in [0.25, 0.3) is 0 Å². The third-order valence-corrected chi connectivity index (χ3v) is 5.04. The molecule has 142 valence electrons. The Morgan fingerprint density at radius 2 is 1.88 bits per heavy atom. The number of halogens is 4. The summed E-state index contributed by atoms with van der Waals surface area (Å²) in [6.45, 7) is 2.86. The van der Waals surface area contributed by atoms with E-state index < -0.39 is 17.8 Å². The summed E-state index contributed by atoms with van der Waals surface area (Å²) in [6, 6.07) is 0. The van der Waals surface area contributed by atoms with E-state index in [1.165, 1.54) is 11.9 Å². The Morgan fingerprint density at radius 1 is 1.23 bits per heavy atom. The van der Waals surface area contributed by atoms with Crippen LogP contribution in [-0.2, 0) is 26.8 Å². The van der Waals surface area contributed by atoms with Gasteiger partial charge < -0.3 is 4.90 Å². The van der Waals surface area contributed by atoms with Gasteiger partial charge in [0.25, 0.3) is 5.91 Å². The van der Waals surface area contributed by atoms with Gasteiger partial charge in [0, 0.05) is 58.6 Å². The molecule has 0 spiro atoms. The number of amides is 1. The lowest BCUT2D eigenvalue weighted by Gasteiger charge is -2.34. The highest BCUT2D eigenvalue weighted by atomic mass is 79.9. The molecule has 26 heavy (non-hydrogen) atoms. The average Bonchev–Trinajstić information content (AvgIpc) is 3.09. The van der Waals surface area contributed by atoms with Crippen molar-refractivity contribution in [3.8, 4) is 0 Å². The van der Waals surface area contributed by atoms with Gasteiger partial charge in [0.05, 0.1) is 10.7 Å². The van der Waals surface area contributed by atoms with E-state index in [-0.39, 0.29) is 10.2 Å². The van der Waals surface area contributed by atoms with Crippen molar-refractivity contribution in [2.75, 3.05) is 26.2 Å². The quantitative estimate of drug-likeness (QED) is 0.739. The third-order valence-electron chi connectivity index (χ3n) is 4.28. The second-order valence-corrected chi connectivity index (χ2v) is 7.02. The van der Waals surface area contributed by atoms with Crippen molar-refractivity contribution in [3.63, 3.8) is 0 Å². The molecule has 1 saturated heterocycles. The number of rotatable bonds is 3. The summed E-state index contributed by atoms with van der Waals surface area (Å²) in [6.07, 6.45) is -0.857. The molecule has 1 fully saturated rings. The lowest BCUT2D eigenvalue weighted by atomic mass is 10.2. The Bertz CT molecular complexity index is 807. The summed E-state index contributed by atoms with van der Waals surface area (Å²) in [5.41, 5.74) is -0.0915. The number of carbonyl (C=O) groups is 1. The van der Waals surface area contributed by atoms with Crippen molar-refractivity contribution in [3.05, 3.63) is 33.8 Å². The number of aryl methyl sites for hydroxylation is 2. The number of piperazine rings is 1. The van der Waals surface area contributed by atoms with E-state index in [2.05, 4.69) is 31.0 Å². The first kappa shape index (κ1) is 18.9. The summed E-state index contributed by atoms with van der Waals surface area (Å²) < 4.78 is 41.3. The molecule has 0 bridgehead atoms. The van der Waals surface area contributed by atoms with E-state index in [1.54, 1.807) is 10.9 Å². The molecular formula is C15H18BrF3N6O. The highest BCUT2D eigenvalue weighted by molar-refractivity contribution is 9.10. The Labute approximate surface area is 156 Å². The molecule has 11 heteroatoms. The van der Waals surface area contributed by atoms with E-state index in [1.807, 2.05) is 13.2 Å². The van der Waals surface area contributed by atoms with Gasteiger partial charge in [-0.15, -0.1) is 0 Å². The van der Waals surface area contributed by atoms with Gasteiger partial charge in [0.15, 0.2) is 11.4 Å². The van der Waals surface area contributed by atoms with E-state index >= 15 is 0 Å². The Balaban J connectivity index is 1.65. The van der Waals surface area contributed by atoms with Crippen molar-refractivity contribution < 1.29 is 18.0 Å². The number of nitrogens with zero attached hydrogens (tertiary/aromatic N) is 6. The van der Waals surface area contributed by atoms with Gasteiger partial charge in [0.1, 0.15) is 0 Å². The summed E-state index contributed by atoms with van der Waals surface area (Å²) in [7, 11) is 3.02. The summed E-state index contributed by atoms with van der Waals surface area (Å²) in [4.78, 5) is 16.3. The lowest BCUT2D eigenvalue weighted by Crippen LogP contribution is -2.48. The van der Waals surface area contributed by atoms with Crippen molar-refractivity contribution >= 4 is 21.8 Å². The van der Waals surface area contributed by atoms with Gasteiger partial charge in [-0.05, 0) is 15.9 Å². The average molecular weight is 435 g/mol. The number of aromatic nitrogens is 4. The molecule has 2 aromatic rings. The van der Waals surface area contributed by atoms with Crippen LogP contribution in [0.5, 0.6) is 0 Å². The first-order chi connectivity index (χ1) is 12.2. The highest BCUT2D eigenvalue weighted by Crippen LogP contribution is 2.36. The van der Waals surface area contributed by atoms with Crippen LogP contribution in [0.15, 0.2) is 16.9 Å². The molecule has 7 nitrogen and oxygen atoms in total. The zero-order valence-electron chi connectivity index (χ0n) is 14.3. The SMILES string of the molecule is Cn1cc(CN2CCN(C(=O)c3nn(C)c(C(F)(F)F)c3Br)CC2)cn1. The van der Waals surface area contributed by atoms with Gasteiger partial charge in [-0.1, -0.05) is 0 Å². The molecule has 1 aliphatic rings. The predicted octanol–water partition coefficient (Wildman–Crippen LogP) is 1.89. The molecule has 3 rings (SSSR count). The highest BCUT2D eigenvalue weighted by Gasteiger charge is 2.40. The standard InChI is InChI=1S/C15H18BrF3N6O/c1-22-8-10(7-20-22)9-24-3-5-25(6-4-24)14(26)12-11(16)13(15(17,18)19)23(2)21-12/h7-8H,3-6,9H2,1-2H3. The van der Waals surface area contributed by atoms with Gasteiger partial charge in [0.2, 0.25) is 0 Å². The monoisotopic (exact) mass is 434 g/mol. The fraction of sp³-hybridized carbons (Fsp3) is 0.533. The van der Waals surface area contributed by atoms with Crippen molar-refractivity contribution in [1.29, 1.82) is 0 Å². The summed E-state index contributed by atoms with van der Waals surface area (Å²) in [5, 5.41) is 7.90. The van der Waals surface area contributed by atoms with E-state index in [0.29, 0.717) is 30.9 Å². The van der Waals surface area contributed by atoms with Crippen LogP contribution in [0.1, 0.15) is 21.7 Å². The van der Waals surface area contributed by atoms with Crippen molar-refractivity contribution in [2.45, 2.75) is 12.7 Å². The number of carbonyl (C=O) groups excluding carboxylic acids is 1. The fourth-order valence-corrected chi connectivity index (χ4v) is 3.74. The first-order valence-electron chi connectivity index (χ1n) is 7.95. The van der Waals surface area contributed by atoms with Crippen LogP contribution in [0.2, 0.25) is 0 Å². The fourth-order valence-electron chi connectivity index (χ4n) is 3.01. The third kappa shape index (κ3) is 3.78. The van der Waals surface area contributed by atoms with Gasteiger partial charge in [-0.25, -0.2) is 0 Å². The zero-order chi connectivity index (χ0) is 19.1. The topological polar surface area (TPSA) is 59.2 Å². The molecule has 0 unspecified atom stereocenters. The summed E-state index contributed by atoms with van der Waals surface area (Å²) >= 11 is 2.89. The van der Waals surface area contributed by atoms with Crippen molar-refractivity contribution in [2.24, 2.45) is 14.1 Å². The second kappa shape index (κ2) is 7.03. The number of alkyl halides is 3. The molecule has 0 aliphatic carbocycles. The van der Waals surface area contributed by atoms with Crippen LogP contribution < -0.4 is 0 Å². The maximum Gasteiger partial charge on any atom is 0.434 e. The van der Waals surface area contributed by atoms with Crippen LogP contribution in [0, 0.1) is 0 Å². The maximum absolute atomic E-state index is 13.1. The van der Waals surface area contributed by atoms with Gasteiger partial charge >= 0.3 is 6.18 Å². The molecule has 0 atom stereocenters. The second-order valence-electron chi connectivity index (χ2n) is 6.22. The molecule has 1 aliphatic heterocycles. The van der Waals surface area contributed by atoms with E-state index in [0.717, 1.165) is 12.1 Å². The number of hydrogen-bond acceptors (Lipinski definition) is 4. The van der Waals surface area contributed by atoms with Gasteiger partial charge in [-0.3, -0.25) is 19.1 Å². The Morgan fingerprint density at radius 3 is 2.38 bits per heavy atom. The molecular weight excluding hydrogens is 417 g/mol. The zero-order valence-corrected chi connectivity index (χ0v) is 15.9. The minimum atomic E-state index is -4.58. The smallest absolute Gasteiger partial charge is 0.335 e. The molecule has 0 saturated carbocycles. The van der Waals surface area contributed by atoms with Crippen LogP contribution in [0.3, 0.4) is 0 Å². The van der Waals surface area contributed by atoms with Gasteiger partial charge in [-0.2, -0.15) is 23.4 Å². The first-order valence-corrected chi connectivity index (χ1v) is 8.75. The largest absolute Gasteiger partial charge is 0.434 e. The van der Waals surface area contributed by atoms with Crippen LogP contribution in [-0.4, -0.2) is 61.4 Å². The minimum Gasteiger partial charge on any atom is -0.335 e. The van der Waals surface area contributed by atoms with Crippen LogP contribution >= 0.6 is 15.9 Å². The molecule has 0 radical (unpaired) electrons. The van der Waals surface area contributed by atoms with E-state index in [9.17, 15) is 18.0 Å². The predicted molar refractivity (Wildman–Crippen MR) is 90.3 cm³/mol. The Kier molecular flexibility index (Phi) is 5.11. The maximum atomic E-state index is 13.1. The molecule has 1 amide bonds. The van der Waals surface area contributed by atoms with E-state index in [4.69, 9.17) is 0 Å². The minimum absolute atomic E-state index is 0.208. The molecule has 3 heterocycles. The summed E-state index contributed by atoms with van der Waals surface area (Å²) in [5.74, 6) is -0.496. The number of hydrogen-bond donors (Lipinski definition) is 0. The molecule has 0 aromatic carbocycles.